The molecule has 0 atom stereocenters. The van der Waals surface area contributed by atoms with Crippen molar-refractivity contribution in [2.75, 3.05) is 45.4 Å². The second-order valence-electron chi connectivity index (χ2n) is 3.64. The summed E-state index contributed by atoms with van der Waals surface area (Å²) in [5.74, 6) is 1.53. The molecule has 0 saturated carbocycles. The summed E-state index contributed by atoms with van der Waals surface area (Å²) in [7, 11) is 3.30. The van der Waals surface area contributed by atoms with Crippen molar-refractivity contribution in [1.29, 1.82) is 0 Å². The number of hydrogen-bond donors (Lipinski definition) is 0. The molecule has 1 fully saturated rings. The van der Waals surface area contributed by atoms with Gasteiger partial charge < -0.3 is 19.1 Å². The van der Waals surface area contributed by atoms with Crippen molar-refractivity contribution >= 4 is 5.69 Å². The molecular formula is C12H17NO3. The molecule has 0 bridgehead atoms. The summed E-state index contributed by atoms with van der Waals surface area (Å²) >= 11 is 0. The Morgan fingerprint density at radius 3 is 2.38 bits per heavy atom. The highest BCUT2D eigenvalue weighted by atomic mass is 16.5. The number of methoxy groups -OCH3 is 2. The van der Waals surface area contributed by atoms with Crippen LogP contribution in [-0.4, -0.2) is 40.5 Å². The highest BCUT2D eigenvalue weighted by Crippen LogP contribution is 2.31. The van der Waals surface area contributed by atoms with E-state index in [0.717, 1.165) is 43.5 Å². The summed E-state index contributed by atoms with van der Waals surface area (Å²) in [5.41, 5.74) is 1.15. The number of ether oxygens (including phenoxy) is 3. The lowest BCUT2D eigenvalue weighted by Gasteiger charge is -2.29. The normalized spacial score (nSPS) is 16.0. The molecule has 2 rings (SSSR count). The van der Waals surface area contributed by atoms with Gasteiger partial charge in [-0.3, -0.25) is 0 Å². The zero-order valence-electron chi connectivity index (χ0n) is 9.73. The molecule has 0 radical (unpaired) electrons. The Morgan fingerprint density at radius 2 is 1.75 bits per heavy atom. The van der Waals surface area contributed by atoms with Gasteiger partial charge in [0.1, 0.15) is 0 Å². The van der Waals surface area contributed by atoms with Crippen LogP contribution in [0.25, 0.3) is 0 Å². The molecule has 1 saturated heterocycles. The zero-order chi connectivity index (χ0) is 11.4. The van der Waals surface area contributed by atoms with Crippen molar-refractivity contribution in [3.63, 3.8) is 0 Å². The Balaban J connectivity index is 2.20. The number of benzene rings is 1. The van der Waals surface area contributed by atoms with Crippen LogP contribution in [0.15, 0.2) is 18.2 Å². The first-order chi connectivity index (χ1) is 7.85. The predicted molar refractivity (Wildman–Crippen MR) is 62.6 cm³/mol. The lowest BCUT2D eigenvalue weighted by molar-refractivity contribution is 0.122. The SMILES string of the molecule is COc1ccc(N2CCOCC2)cc1OC. The summed E-state index contributed by atoms with van der Waals surface area (Å²) in [6.07, 6.45) is 0. The van der Waals surface area contributed by atoms with E-state index < -0.39 is 0 Å². The van der Waals surface area contributed by atoms with Crippen LogP contribution in [0.1, 0.15) is 0 Å². The molecule has 0 N–H and O–H groups in total. The zero-order valence-corrected chi connectivity index (χ0v) is 9.73. The molecule has 1 aliphatic heterocycles. The molecule has 4 nitrogen and oxygen atoms in total. The number of rotatable bonds is 3. The fraction of sp³-hybridized carbons (Fsp3) is 0.500. The van der Waals surface area contributed by atoms with Gasteiger partial charge in [-0.2, -0.15) is 0 Å². The fourth-order valence-electron chi connectivity index (χ4n) is 1.84. The van der Waals surface area contributed by atoms with E-state index in [-0.39, 0.29) is 0 Å². The largest absolute Gasteiger partial charge is 0.493 e. The minimum absolute atomic E-state index is 0.763. The second-order valence-corrected chi connectivity index (χ2v) is 3.64. The Morgan fingerprint density at radius 1 is 1.06 bits per heavy atom. The van der Waals surface area contributed by atoms with Crippen LogP contribution in [0.2, 0.25) is 0 Å². The van der Waals surface area contributed by atoms with Crippen LogP contribution < -0.4 is 14.4 Å². The molecule has 0 amide bonds. The molecule has 1 aromatic carbocycles. The van der Waals surface area contributed by atoms with Crippen molar-refractivity contribution < 1.29 is 14.2 Å². The highest BCUT2D eigenvalue weighted by molar-refractivity contribution is 5.56. The molecule has 0 spiro atoms. The Hall–Kier alpha value is -1.42. The Bertz CT molecular complexity index is 348. The molecule has 0 aromatic heterocycles. The van der Waals surface area contributed by atoms with Crippen molar-refractivity contribution in [3.05, 3.63) is 18.2 Å². The van der Waals surface area contributed by atoms with Crippen LogP contribution in [0.3, 0.4) is 0 Å². The molecule has 4 heteroatoms. The second kappa shape index (κ2) is 5.07. The Labute approximate surface area is 95.7 Å². The third kappa shape index (κ3) is 2.22. The highest BCUT2D eigenvalue weighted by Gasteiger charge is 2.13. The van der Waals surface area contributed by atoms with Crippen molar-refractivity contribution in [1.82, 2.24) is 0 Å². The summed E-state index contributed by atoms with van der Waals surface area (Å²) in [4.78, 5) is 2.28. The van der Waals surface area contributed by atoms with Crippen molar-refractivity contribution in [3.8, 4) is 11.5 Å². The van der Waals surface area contributed by atoms with E-state index in [0.29, 0.717) is 0 Å². The van der Waals surface area contributed by atoms with Gasteiger partial charge in [0.2, 0.25) is 0 Å². The van der Waals surface area contributed by atoms with Crippen LogP contribution in [0.4, 0.5) is 5.69 Å². The van der Waals surface area contributed by atoms with Crippen molar-refractivity contribution in [2.24, 2.45) is 0 Å². The number of hydrogen-bond acceptors (Lipinski definition) is 4. The van der Waals surface area contributed by atoms with Gasteiger partial charge in [0, 0.05) is 24.8 Å². The molecule has 16 heavy (non-hydrogen) atoms. The third-order valence-corrected chi connectivity index (χ3v) is 2.74. The standard InChI is InChI=1S/C12H17NO3/c1-14-11-4-3-10(9-12(11)15-2)13-5-7-16-8-6-13/h3-4,9H,5-8H2,1-2H3. The number of nitrogens with zero attached hydrogens (tertiary/aromatic N) is 1. The van der Waals surface area contributed by atoms with E-state index in [1.807, 2.05) is 18.2 Å². The third-order valence-electron chi connectivity index (χ3n) is 2.74. The summed E-state index contributed by atoms with van der Waals surface area (Å²) < 4.78 is 15.8. The van der Waals surface area contributed by atoms with Crippen LogP contribution in [0, 0.1) is 0 Å². The monoisotopic (exact) mass is 223 g/mol. The smallest absolute Gasteiger partial charge is 0.162 e. The molecule has 1 aromatic rings. The first kappa shape index (κ1) is 11.1. The lowest BCUT2D eigenvalue weighted by Crippen LogP contribution is -2.36. The molecular weight excluding hydrogens is 206 g/mol. The minimum Gasteiger partial charge on any atom is -0.493 e. The average molecular weight is 223 g/mol. The van der Waals surface area contributed by atoms with Gasteiger partial charge in [-0.15, -0.1) is 0 Å². The molecule has 1 heterocycles. The van der Waals surface area contributed by atoms with E-state index >= 15 is 0 Å². The van der Waals surface area contributed by atoms with Crippen LogP contribution >= 0.6 is 0 Å². The van der Waals surface area contributed by atoms with Gasteiger partial charge >= 0.3 is 0 Å². The van der Waals surface area contributed by atoms with E-state index in [2.05, 4.69) is 4.90 Å². The number of morpholine rings is 1. The van der Waals surface area contributed by atoms with Gasteiger partial charge in [-0.25, -0.2) is 0 Å². The lowest BCUT2D eigenvalue weighted by atomic mass is 10.2. The van der Waals surface area contributed by atoms with Crippen molar-refractivity contribution in [2.45, 2.75) is 0 Å². The van der Waals surface area contributed by atoms with E-state index in [1.165, 1.54) is 0 Å². The van der Waals surface area contributed by atoms with E-state index in [9.17, 15) is 0 Å². The van der Waals surface area contributed by atoms with Crippen LogP contribution in [0.5, 0.6) is 11.5 Å². The quantitative estimate of drug-likeness (QED) is 0.777. The van der Waals surface area contributed by atoms with Gasteiger partial charge in [0.25, 0.3) is 0 Å². The summed E-state index contributed by atoms with van der Waals surface area (Å²) in [6, 6.07) is 5.99. The van der Waals surface area contributed by atoms with Gasteiger partial charge in [0.15, 0.2) is 11.5 Å². The fourth-order valence-corrected chi connectivity index (χ4v) is 1.84. The van der Waals surface area contributed by atoms with Gasteiger partial charge in [-0.1, -0.05) is 0 Å². The molecule has 88 valence electrons. The van der Waals surface area contributed by atoms with Gasteiger partial charge in [-0.05, 0) is 12.1 Å². The predicted octanol–water partition coefficient (Wildman–Crippen LogP) is 1.54. The summed E-state index contributed by atoms with van der Waals surface area (Å²) in [5, 5.41) is 0. The van der Waals surface area contributed by atoms with Crippen LogP contribution in [-0.2, 0) is 4.74 Å². The van der Waals surface area contributed by atoms with E-state index in [4.69, 9.17) is 14.2 Å². The number of anilines is 1. The summed E-state index contributed by atoms with van der Waals surface area (Å²) in [6.45, 7) is 3.42. The Kier molecular flexibility index (Phi) is 3.51. The molecule has 1 aliphatic rings. The topological polar surface area (TPSA) is 30.9 Å². The first-order valence-corrected chi connectivity index (χ1v) is 5.40. The first-order valence-electron chi connectivity index (χ1n) is 5.40. The van der Waals surface area contributed by atoms with E-state index in [1.54, 1.807) is 14.2 Å². The maximum absolute atomic E-state index is 5.33. The maximum atomic E-state index is 5.33. The minimum atomic E-state index is 0.763. The molecule has 0 aliphatic carbocycles. The average Bonchev–Trinajstić information content (AvgIpc) is 2.39. The molecule has 0 unspecified atom stereocenters. The van der Waals surface area contributed by atoms with Gasteiger partial charge in [0.05, 0.1) is 27.4 Å². The maximum Gasteiger partial charge on any atom is 0.162 e.